The van der Waals surface area contributed by atoms with Crippen molar-refractivity contribution in [2.45, 2.75) is 52.4 Å². The zero-order valence-electron chi connectivity index (χ0n) is 18.2. The molecule has 0 spiro atoms. The largest absolute Gasteiger partial charge is 0.494 e. The molecule has 5 nitrogen and oxygen atoms in total. The van der Waals surface area contributed by atoms with E-state index in [0.717, 1.165) is 28.0 Å². The Morgan fingerprint density at radius 2 is 1.83 bits per heavy atom. The third-order valence-corrected chi connectivity index (χ3v) is 4.98. The standard InChI is InChI=1S/C24H31BrN2O3/c1-5-14-29-20-11-8-18(9-12-20)17-26-27-23(28)7-6-15-30-22-13-10-19(16-21(22)25)24(2,3)4/h8-13,16-17H,5-7,14-15H2,1-4H3,(H,27,28)/b26-17+. The van der Waals surface area contributed by atoms with Gasteiger partial charge in [0.2, 0.25) is 5.91 Å². The fraction of sp³-hybridized carbons (Fsp3) is 0.417. The van der Waals surface area contributed by atoms with Gasteiger partial charge in [0.05, 0.1) is 23.9 Å². The first kappa shape index (κ1) is 23.9. The summed E-state index contributed by atoms with van der Waals surface area (Å²) in [5.41, 5.74) is 4.77. The van der Waals surface area contributed by atoms with Gasteiger partial charge in [0.25, 0.3) is 0 Å². The molecule has 0 aromatic heterocycles. The fourth-order valence-electron chi connectivity index (χ4n) is 2.60. The minimum absolute atomic E-state index is 0.0878. The predicted molar refractivity (Wildman–Crippen MR) is 126 cm³/mol. The van der Waals surface area contributed by atoms with E-state index >= 15 is 0 Å². The number of nitrogens with zero attached hydrogens (tertiary/aromatic N) is 1. The SMILES string of the molecule is CCCOc1ccc(/C=N/NC(=O)CCCOc2ccc(C(C)(C)C)cc2Br)cc1. The number of carbonyl (C=O) groups excluding carboxylic acids is 1. The van der Waals surface area contributed by atoms with Crippen molar-refractivity contribution in [3.05, 3.63) is 58.1 Å². The number of hydrogen-bond acceptors (Lipinski definition) is 4. The van der Waals surface area contributed by atoms with Crippen molar-refractivity contribution in [1.82, 2.24) is 5.43 Å². The Hall–Kier alpha value is -2.34. The summed E-state index contributed by atoms with van der Waals surface area (Å²) in [7, 11) is 0. The first-order valence-electron chi connectivity index (χ1n) is 10.3. The van der Waals surface area contributed by atoms with Gasteiger partial charge in [0.15, 0.2) is 0 Å². The Bertz CT molecular complexity index is 843. The highest BCUT2D eigenvalue weighted by Gasteiger charge is 2.15. The average Bonchev–Trinajstić information content (AvgIpc) is 2.70. The highest BCUT2D eigenvalue weighted by molar-refractivity contribution is 9.10. The van der Waals surface area contributed by atoms with Crippen LogP contribution in [0.3, 0.4) is 0 Å². The molecule has 0 fully saturated rings. The number of hydrogen-bond donors (Lipinski definition) is 1. The number of carbonyl (C=O) groups is 1. The van der Waals surface area contributed by atoms with Crippen molar-refractivity contribution < 1.29 is 14.3 Å². The van der Waals surface area contributed by atoms with E-state index in [0.29, 0.717) is 26.1 Å². The first-order valence-corrected chi connectivity index (χ1v) is 11.1. The molecule has 0 saturated carbocycles. The molecule has 2 rings (SSSR count). The van der Waals surface area contributed by atoms with Gasteiger partial charge in [-0.05, 0) is 81.7 Å². The zero-order valence-corrected chi connectivity index (χ0v) is 19.8. The molecule has 0 saturated heterocycles. The maximum atomic E-state index is 11.9. The maximum absolute atomic E-state index is 11.9. The van der Waals surface area contributed by atoms with E-state index in [4.69, 9.17) is 9.47 Å². The summed E-state index contributed by atoms with van der Waals surface area (Å²) in [6.07, 6.45) is 3.55. The topological polar surface area (TPSA) is 59.9 Å². The van der Waals surface area contributed by atoms with E-state index in [1.54, 1.807) is 6.21 Å². The number of ether oxygens (including phenoxy) is 2. The van der Waals surface area contributed by atoms with E-state index in [2.05, 4.69) is 66.3 Å². The maximum Gasteiger partial charge on any atom is 0.240 e. The van der Waals surface area contributed by atoms with Gasteiger partial charge in [-0.15, -0.1) is 0 Å². The molecular formula is C24H31BrN2O3. The highest BCUT2D eigenvalue weighted by atomic mass is 79.9. The number of hydrazone groups is 1. The summed E-state index contributed by atoms with van der Waals surface area (Å²) in [6.45, 7) is 9.75. The van der Waals surface area contributed by atoms with Gasteiger partial charge in [0.1, 0.15) is 11.5 Å². The highest BCUT2D eigenvalue weighted by Crippen LogP contribution is 2.31. The molecular weight excluding hydrogens is 444 g/mol. The van der Waals surface area contributed by atoms with Crippen LogP contribution in [-0.2, 0) is 10.2 Å². The summed E-state index contributed by atoms with van der Waals surface area (Å²) in [5.74, 6) is 1.48. The van der Waals surface area contributed by atoms with Gasteiger partial charge in [-0.25, -0.2) is 5.43 Å². The monoisotopic (exact) mass is 474 g/mol. The van der Waals surface area contributed by atoms with Crippen LogP contribution in [0.25, 0.3) is 0 Å². The summed E-state index contributed by atoms with van der Waals surface area (Å²) >= 11 is 3.56. The normalized spacial score (nSPS) is 11.5. The van der Waals surface area contributed by atoms with Crippen LogP contribution in [0.5, 0.6) is 11.5 Å². The summed E-state index contributed by atoms with van der Waals surface area (Å²) in [5, 5.41) is 4.00. The minimum atomic E-state index is -0.139. The number of halogens is 1. The van der Waals surface area contributed by atoms with Crippen LogP contribution in [0.15, 0.2) is 52.0 Å². The van der Waals surface area contributed by atoms with Crippen molar-refractivity contribution in [2.24, 2.45) is 5.10 Å². The van der Waals surface area contributed by atoms with Crippen LogP contribution in [0.2, 0.25) is 0 Å². The number of amides is 1. The molecule has 0 heterocycles. The third kappa shape index (κ3) is 8.19. The van der Waals surface area contributed by atoms with Crippen LogP contribution in [0.4, 0.5) is 0 Å². The molecule has 162 valence electrons. The lowest BCUT2D eigenvalue weighted by Gasteiger charge is -2.20. The average molecular weight is 475 g/mol. The molecule has 1 N–H and O–H groups in total. The minimum Gasteiger partial charge on any atom is -0.494 e. The van der Waals surface area contributed by atoms with Gasteiger partial charge in [-0.2, -0.15) is 5.10 Å². The van der Waals surface area contributed by atoms with Crippen LogP contribution < -0.4 is 14.9 Å². The molecule has 0 radical (unpaired) electrons. The second-order valence-corrected chi connectivity index (χ2v) is 8.91. The summed E-state index contributed by atoms with van der Waals surface area (Å²) in [4.78, 5) is 11.9. The molecule has 2 aromatic rings. The Labute approximate surface area is 188 Å². The van der Waals surface area contributed by atoms with E-state index in [1.807, 2.05) is 30.3 Å². The molecule has 0 atom stereocenters. The van der Waals surface area contributed by atoms with E-state index in [1.165, 1.54) is 5.56 Å². The quantitative estimate of drug-likeness (QED) is 0.267. The molecule has 30 heavy (non-hydrogen) atoms. The lowest BCUT2D eigenvalue weighted by atomic mass is 9.87. The van der Waals surface area contributed by atoms with Gasteiger partial charge < -0.3 is 9.47 Å². The fourth-order valence-corrected chi connectivity index (χ4v) is 3.10. The van der Waals surface area contributed by atoms with Gasteiger partial charge >= 0.3 is 0 Å². The lowest BCUT2D eigenvalue weighted by molar-refractivity contribution is -0.121. The number of benzene rings is 2. The summed E-state index contributed by atoms with van der Waals surface area (Å²) < 4.78 is 12.3. The Balaban J connectivity index is 1.69. The molecule has 0 aliphatic carbocycles. The second kappa shape index (κ2) is 11.7. The van der Waals surface area contributed by atoms with Gasteiger partial charge in [-0.1, -0.05) is 33.8 Å². The van der Waals surface area contributed by atoms with Gasteiger partial charge in [0, 0.05) is 6.42 Å². The van der Waals surface area contributed by atoms with Crippen molar-refractivity contribution >= 4 is 28.1 Å². The van der Waals surface area contributed by atoms with E-state index in [-0.39, 0.29) is 11.3 Å². The predicted octanol–water partition coefficient (Wildman–Crippen LogP) is 5.84. The Kier molecular flexibility index (Phi) is 9.37. The van der Waals surface area contributed by atoms with Crippen molar-refractivity contribution in [1.29, 1.82) is 0 Å². The van der Waals surface area contributed by atoms with E-state index in [9.17, 15) is 4.79 Å². The second-order valence-electron chi connectivity index (χ2n) is 8.06. The summed E-state index contributed by atoms with van der Waals surface area (Å²) in [6, 6.07) is 13.7. The molecule has 0 unspecified atom stereocenters. The van der Waals surface area contributed by atoms with Crippen molar-refractivity contribution in [3.8, 4) is 11.5 Å². The van der Waals surface area contributed by atoms with Crippen LogP contribution in [0, 0.1) is 0 Å². The number of rotatable bonds is 10. The lowest BCUT2D eigenvalue weighted by Crippen LogP contribution is -2.18. The molecule has 0 bridgehead atoms. The van der Waals surface area contributed by atoms with Crippen LogP contribution in [-0.4, -0.2) is 25.3 Å². The van der Waals surface area contributed by atoms with Gasteiger partial charge in [-0.3, -0.25) is 4.79 Å². The van der Waals surface area contributed by atoms with Crippen LogP contribution in [0.1, 0.15) is 58.1 Å². The van der Waals surface area contributed by atoms with Crippen LogP contribution >= 0.6 is 15.9 Å². The Morgan fingerprint density at radius 3 is 2.47 bits per heavy atom. The molecule has 2 aromatic carbocycles. The number of nitrogens with one attached hydrogen (secondary N) is 1. The van der Waals surface area contributed by atoms with E-state index < -0.39 is 0 Å². The smallest absolute Gasteiger partial charge is 0.240 e. The van der Waals surface area contributed by atoms with Crippen molar-refractivity contribution in [2.75, 3.05) is 13.2 Å². The molecule has 0 aliphatic heterocycles. The third-order valence-electron chi connectivity index (χ3n) is 4.36. The Morgan fingerprint density at radius 1 is 1.10 bits per heavy atom. The molecule has 6 heteroatoms. The first-order chi connectivity index (χ1) is 14.3. The zero-order chi connectivity index (χ0) is 22.0. The molecule has 0 aliphatic rings. The molecule has 1 amide bonds. The van der Waals surface area contributed by atoms with Crippen molar-refractivity contribution in [3.63, 3.8) is 0 Å².